The van der Waals surface area contributed by atoms with E-state index in [9.17, 15) is 0 Å². The summed E-state index contributed by atoms with van der Waals surface area (Å²) in [6.45, 7) is 0. The van der Waals surface area contributed by atoms with Gasteiger partial charge in [0.15, 0.2) is 0 Å². The van der Waals surface area contributed by atoms with Crippen molar-refractivity contribution < 1.29 is 0 Å². The van der Waals surface area contributed by atoms with Crippen LogP contribution in [-0.4, -0.2) is 16.5 Å². The van der Waals surface area contributed by atoms with Gasteiger partial charge in [-0.05, 0) is 0 Å². The SMILES string of the molecule is [Al+2][N]=Nc1ccc(-c2ccccc2)cc1. The van der Waals surface area contributed by atoms with Crippen molar-refractivity contribution in [1.29, 1.82) is 0 Å². The van der Waals surface area contributed by atoms with Gasteiger partial charge in [-0.3, -0.25) is 0 Å². The number of rotatable bonds is 2. The van der Waals surface area contributed by atoms with E-state index in [4.69, 9.17) is 0 Å². The molecule has 0 amide bonds. The van der Waals surface area contributed by atoms with Crippen LogP contribution in [-0.2, 0) is 0 Å². The predicted octanol–water partition coefficient (Wildman–Crippen LogP) is 3.52. The standard InChI is InChI=1S/C12H9N2.Al/c13-14-12-8-6-11(7-9-12)10-4-2-1-3-5-10;/h1-9H;/q-1;+3. The average Bonchev–Trinajstić information content (AvgIpc) is 2.32. The molecule has 0 saturated heterocycles. The Kier molecular flexibility index (Phi) is 3.29. The molecule has 0 fully saturated rings. The molecule has 2 aromatic rings. The summed E-state index contributed by atoms with van der Waals surface area (Å²) in [5, 5.41) is 3.93. The molecule has 2 nitrogen and oxygen atoms in total. The van der Waals surface area contributed by atoms with Crippen molar-refractivity contribution in [2.24, 2.45) is 9.21 Å². The van der Waals surface area contributed by atoms with Gasteiger partial charge in [0.1, 0.15) is 0 Å². The number of hydrogen-bond acceptors (Lipinski definition) is 2. The minimum atomic E-state index is 0.865. The Bertz CT molecular complexity index is 449. The molecule has 0 N–H and O–H groups in total. The fraction of sp³-hybridized carbons (Fsp3) is 0. The summed E-state index contributed by atoms with van der Waals surface area (Å²) in [6, 6.07) is 18.3. The van der Waals surface area contributed by atoms with Crippen LogP contribution in [0.4, 0.5) is 5.69 Å². The van der Waals surface area contributed by atoms with E-state index >= 15 is 0 Å². The van der Waals surface area contributed by atoms with Gasteiger partial charge in [-0.2, -0.15) is 0 Å². The molecule has 0 unspecified atom stereocenters. The van der Waals surface area contributed by atoms with Crippen LogP contribution in [0.1, 0.15) is 0 Å². The minimum absolute atomic E-state index is 0.865. The first kappa shape index (κ1) is 10.1. The molecule has 0 aromatic heterocycles. The Balaban J connectivity index is 2.32. The summed E-state index contributed by atoms with van der Waals surface area (Å²) in [5.41, 5.74) is 3.27. The van der Waals surface area contributed by atoms with Crippen LogP contribution in [0.25, 0.3) is 11.1 Å². The van der Waals surface area contributed by atoms with E-state index in [-0.39, 0.29) is 0 Å². The van der Waals surface area contributed by atoms with Gasteiger partial charge in [0.05, 0.1) is 0 Å². The molecular weight excluding hydrogens is 199 g/mol. The number of benzene rings is 2. The van der Waals surface area contributed by atoms with Crippen LogP contribution in [0.3, 0.4) is 0 Å². The molecule has 0 radical (unpaired) electrons. The summed E-state index contributed by atoms with van der Waals surface area (Å²) in [4.78, 5) is 0. The van der Waals surface area contributed by atoms with Crippen molar-refractivity contribution in [3.63, 3.8) is 0 Å². The average molecular weight is 208 g/mol. The molecule has 15 heavy (non-hydrogen) atoms. The summed E-state index contributed by atoms with van der Waals surface area (Å²) in [6.07, 6.45) is 0. The van der Waals surface area contributed by atoms with Gasteiger partial charge in [0.2, 0.25) is 0 Å². The molecule has 0 aliphatic rings. The second-order valence-electron chi connectivity index (χ2n) is 3.13. The molecule has 2 rings (SSSR count). The van der Waals surface area contributed by atoms with Crippen molar-refractivity contribution >= 4 is 22.2 Å². The van der Waals surface area contributed by atoms with Crippen LogP contribution >= 0.6 is 0 Å². The molecule has 0 aliphatic heterocycles. The Hall–Kier alpha value is -1.43. The molecule has 0 bridgehead atoms. The molecule has 2 aromatic carbocycles. The number of hydrogen-bond donors (Lipinski definition) is 0. The van der Waals surface area contributed by atoms with Crippen molar-refractivity contribution in [2.45, 2.75) is 0 Å². The Morgan fingerprint density at radius 2 is 1.33 bits per heavy atom. The van der Waals surface area contributed by atoms with E-state index in [2.05, 4.69) is 37.9 Å². The van der Waals surface area contributed by atoms with E-state index in [0.29, 0.717) is 0 Å². The van der Waals surface area contributed by atoms with Crippen molar-refractivity contribution in [3.05, 3.63) is 54.6 Å². The summed E-state index contributed by atoms with van der Waals surface area (Å²) < 4.78 is 3.65. The van der Waals surface area contributed by atoms with Crippen LogP contribution < -0.4 is 0 Å². The summed E-state index contributed by atoms with van der Waals surface area (Å²) in [5.74, 6) is 0. The van der Waals surface area contributed by atoms with Crippen LogP contribution in [0.5, 0.6) is 0 Å². The third-order valence-electron chi connectivity index (χ3n) is 2.15. The van der Waals surface area contributed by atoms with Crippen LogP contribution in [0.2, 0.25) is 0 Å². The molecule has 68 valence electrons. The first-order chi connectivity index (χ1) is 7.40. The van der Waals surface area contributed by atoms with Crippen molar-refractivity contribution in [2.75, 3.05) is 0 Å². The van der Waals surface area contributed by atoms with Crippen LogP contribution in [0, 0.1) is 0 Å². The molecule has 0 heterocycles. The zero-order valence-electron chi connectivity index (χ0n) is 8.17. The van der Waals surface area contributed by atoms with E-state index in [1.54, 1.807) is 0 Å². The van der Waals surface area contributed by atoms with Crippen molar-refractivity contribution in [3.8, 4) is 11.1 Å². The van der Waals surface area contributed by atoms with Gasteiger partial charge in [0.25, 0.3) is 0 Å². The van der Waals surface area contributed by atoms with Crippen molar-refractivity contribution in [1.82, 2.24) is 0 Å². The second kappa shape index (κ2) is 4.88. The quantitative estimate of drug-likeness (QED) is 0.533. The van der Waals surface area contributed by atoms with E-state index in [1.165, 1.54) is 11.1 Å². The van der Waals surface area contributed by atoms with E-state index in [0.717, 1.165) is 5.69 Å². The van der Waals surface area contributed by atoms with Gasteiger partial charge < -0.3 is 0 Å². The maximum absolute atomic E-state index is 3.93. The zero-order valence-corrected chi connectivity index (χ0v) is 9.32. The molecular formula is C12H9AlN2+2. The Morgan fingerprint density at radius 3 is 1.93 bits per heavy atom. The Labute approximate surface area is 97.3 Å². The Morgan fingerprint density at radius 1 is 0.733 bits per heavy atom. The molecule has 0 atom stereocenters. The van der Waals surface area contributed by atoms with Gasteiger partial charge in [-0.25, -0.2) is 0 Å². The van der Waals surface area contributed by atoms with E-state index < -0.39 is 0 Å². The monoisotopic (exact) mass is 208 g/mol. The summed E-state index contributed by atoms with van der Waals surface area (Å²) >= 11 is 2.22. The fourth-order valence-corrected chi connectivity index (χ4v) is 1.55. The van der Waals surface area contributed by atoms with Gasteiger partial charge in [-0.15, -0.1) is 0 Å². The molecule has 3 heteroatoms. The van der Waals surface area contributed by atoms with Gasteiger partial charge >= 0.3 is 97.1 Å². The third-order valence-corrected chi connectivity index (χ3v) is 2.26. The third kappa shape index (κ3) is 2.53. The maximum atomic E-state index is 3.93. The normalized spacial score (nSPS) is 10.8. The first-order valence-electron chi connectivity index (χ1n) is 4.66. The molecule has 0 spiro atoms. The topological polar surface area (TPSA) is 24.7 Å². The molecule has 0 aliphatic carbocycles. The summed E-state index contributed by atoms with van der Waals surface area (Å²) in [7, 11) is 0. The zero-order chi connectivity index (χ0) is 10.5. The number of nitrogens with zero attached hydrogens (tertiary/aromatic N) is 2. The van der Waals surface area contributed by atoms with Gasteiger partial charge in [0, 0.05) is 0 Å². The predicted molar refractivity (Wildman–Crippen MR) is 62.1 cm³/mol. The molecule has 0 saturated carbocycles. The first-order valence-corrected chi connectivity index (χ1v) is 5.18. The van der Waals surface area contributed by atoms with Gasteiger partial charge in [-0.1, -0.05) is 0 Å². The fourth-order valence-electron chi connectivity index (χ4n) is 1.42. The van der Waals surface area contributed by atoms with Crippen LogP contribution in [0.15, 0.2) is 63.8 Å². The van der Waals surface area contributed by atoms with E-state index in [1.807, 2.05) is 42.5 Å². The second-order valence-corrected chi connectivity index (χ2v) is 3.36.